The van der Waals surface area contributed by atoms with E-state index in [2.05, 4.69) is 5.32 Å². The van der Waals surface area contributed by atoms with Crippen LogP contribution in [0.2, 0.25) is 0 Å². The summed E-state index contributed by atoms with van der Waals surface area (Å²) in [5, 5.41) is 2.87. The van der Waals surface area contributed by atoms with Gasteiger partial charge in [0.05, 0.1) is 19.1 Å². The summed E-state index contributed by atoms with van der Waals surface area (Å²) in [6.45, 7) is 1.42. The van der Waals surface area contributed by atoms with E-state index in [0.717, 1.165) is 30.4 Å². The number of rotatable bonds is 9. The van der Waals surface area contributed by atoms with Crippen molar-refractivity contribution in [3.8, 4) is 11.5 Å². The van der Waals surface area contributed by atoms with Gasteiger partial charge in [0.15, 0.2) is 0 Å². The summed E-state index contributed by atoms with van der Waals surface area (Å²) >= 11 is 0. The number of nitrogens with zero attached hydrogens (tertiary/aromatic N) is 1. The van der Waals surface area contributed by atoms with Crippen LogP contribution in [0.3, 0.4) is 0 Å². The van der Waals surface area contributed by atoms with Gasteiger partial charge >= 0.3 is 0 Å². The molecule has 1 N–H and O–H groups in total. The van der Waals surface area contributed by atoms with Crippen LogP contribution in [-0.2, 0) is 27.8 Å². The fourth-order valence-electron chi connectivity index (χ4n) is 3.63. The molecule has 2 aromatic rings. The maximum Gasteiger partial charge on any atom is 0.243 e. The Hall–Kier alpha value is -2.58. The van der Waals surface area contributed by atoms with Gasteiger partial charge in [0.1, 0.15) is 11.5 Å². The summed E-state index contributed by atoms with van der Waals surface area (Å²) in [7, 11) is -0.309. The second-order valence-electron chi connectivity index (χ2n) is 7.61. The lowest BCUT2D eigenvalue weighted by molar-refractivity contribution is -0.121. The smallest absolute Gasteiger partial charge is 0.243 e. The second-order valence-corrected chi connectivity index (χ2v) is 9.55. The molecule has 0 radical (unpaired) electrons. The molecule has 0 bridgehead atoms. The minimum absolute atomic E-state index is 0.105. The van der Waals surface area contributed by atoms with Crippen molar-refractivity contribution in [1.82, 2.24) is 9.62 Å². The van der Waals surface area contributed by atoms with Crippen molar-refractivity contribution in [3.05, 3.63) is 53.6 Å². The predicted octanol–water partition coefficient (Wildman–Crippen LogP) is 3.13. The zero-order valence-corrected chi connectivity index (χ0v) is 18.9. The van der Waals surface area contributed by atoms with E-state index in [0.29, 0.717) is 37.4 Å². The van der Waals surface area contributed by atoms with Gasteiger partial charge in [-0.05, 0) is 54.7 Å². The van der Waals surface area contributed by atoms with Crippen LogP contribution >= 0.6 is 0 Å². The molecule has 3 rings (SSSR count). The van der Waals surface area contributed by atoms with Crippen molar-refractivity contribution in [2.45, 2.75) is 43.5 Å². The Morgan fingerprint density at radius 3 is 2.29 bits per heavy atom. The summed E-state index contributed by atoms with van der Waals surface area (Å²) in [6.07, 6.45) is 3.72. The Morgan fingerprint density at radius 1 is 0.968 bits per heavy atom. The van der Waals surface area contributed by atoms with Crippen LogP contribution < -0.4 is 14.8 Å². The quantitative estimate of drug-likeness (QED) is 0.640. The number of methoxy groups -OCH3 is 2. The van der Waals surface area contributed by atoms with Crippen LogP contribution in [0.4, 0.5) is 0 Å². The topological polar surface area (TPSA) is 84.9 Å². The Morgan fingerprint density at radius 2 is 1.65 bits per heavy atom. The lowest BCUT2D eigenvalue weighted by atomic mass is 10.1. The Labute approximate surface area is 184 Å². The Bertz CT molecular complexity index is 979. The molecule has 0 spiro atoms. The minimum Gasteiger partial charge on any atom is -0.497 e. The van der Waals surface area contributed by atoms with E-state index in [-0.39, 0.29) is 17.3 Å². The molecule has 1 aliphatic rings. The van der Waals surface area contributed by atoms with E-state index in [4.69, 9.17) is 9.47 Å². The van der Waals surface area contributed by atoms with Crippen LogP contribution in [0, 0.1) is 0 Å². The van der Waals surface area contributed by atoms with Crippen molar-refractivity contribution in [1.29, 1.82) is 0 Å². The first-order valence-corrected chi connectivity index (χ1v) is 11.9. The van der Waals surface area contributed by atoms with Gasteiger partial charge in [-0.2, -0.15) is 4.31 Å². The number of hydrogen-bond acceptors (Lipinski definition) is 5. The highest BCUT2D eigenvalue weighted by molar-refractivity contribution is 7.89. The molecular formula is C23H30N2O5S. The van der Waals surface area contributed by atoms with Crippen LogP contribution in [-0.4, -0.2) is 45.9 Å². The molecule has 1 saturated heterocycles. The number of piperidine rings is 1. The van der Waals surface area contributed by atoms with E-state index in [9.17, 15) is 13.2 Å². The van der Waals surface area contributed by atoms with Crippen LogP contribution in [0.1, 0.15) is 36.8 Å². The third kappa shape index (κ3) is 6.21. The Balaban J connectivity index is 1.56. The van der Waals surface area contributed by atoms with Gasteiger partial charge in [-0.1, -0.05) is 18.6 Å². The molecular weight excluding hydrogens is 416 g/mol. The largest absolute Gasteiger partial charge is 0.497 e. The number of ether oxygens (including phenoxy) is 2. The molecule has 1 aliphatic heterocycles. The SMILES string of the molecule is COc1cc(CCC(=O)NCc2cccc(S(=O)(=O)N3CCCCC3)c2)cc(OC)c1. The zero-order valence-electron chi connectivity index (χ0n) is 18.1. The molecule has 0 aliphatic carbocycles. The van der Waals surface area contributed by atoms with Gasteiger partial charge in [0, 0.05) is 32.1 Å². The number of benzene rings is 2. The summed E-state index contributed by atoms with van der Waals surface area (Å²) in [5.74, 6) is 1.26. The highest BCUT2D eigenvalue weighted by Crippen LogP contribution is 2.24. The van der Waals surface area contributed by atoms with Gasteiger partial charge in [-0.3, -0.25) is 4.79 Å². The summed E-state index contributed by atoms with van der Waals surface area (Å²) < 4.78 is 37.8. The number of aryl methyl sites for hydroxylation is 1. The first-order chi connectivity index (χ1) is 14.9. The maximum absolute atomic E-state index is 12.9. The molecule has 168 valence electrons. The third-order valence-electron chi connectivity index (χ3n) is 5.39. The van der Waals surface area contributed by atoms with Crippen molar-refractivity contribution < 1.29 is 22.7 Å². The molecule has 1 fully saturated rings. The van der Waals surface area contributed by atoms with E-state index >= 15 is 0 Å². The summed E-state index contributed by atoms with van der Waals surface area (Å²) in [6, 6.07) is 12.4. The number of amides is 1. The number of sulfonamides is 1. The van der Waals surface area contributed by atoms with Gasteiger partial charge in [0.2, 0.25) is 15.9 Å². The van der Waals surface area contributed by atoms with Crippen LogP contribution in [0.15, 0.2) is 47.4 Å². The molecule has 0 unspecified atom stereocenters. The van der Waals surface area contributed by atoms with E-state index < -0.39 is 10.0 Å². The molecule has 0 saturated carbocycles. The predicted molar refractivity (Wildman–Crippen MR) is 119 cm³/mol. The van der Waals surface area contributed by atoms with Gasteiger partial charge < -0.3 is 14.8 Å². The van der Waals surface area contributed by atoms with Crippen LogP contribution in [0.5, 0.6) is 11.5 Å². The molecule has 31 heavy (non-hydrogen) atoms. The standard InChI is InChI=1S/C23H30N2O5S/c1-29-20-13-18(14-21(16-20)30-2)9-10-23(26)24-17-19-7-6-8-22(15-19)31(27,28)25-11-4-3-5-12-25/h6-8,13-16H,3-5,9-12,17H2,1-2H3,(H,24,26). The summed E-state index contributed by atoms with van der Waals surface area (Å²) in [5.41, 5.74) is 1.70. The summed E-state index contributed by atoms with van der Waals surface area (Å²) in [4.78, 5) is 12.6. The third-order valence-corrected chi connectivity index (χ3v) is 7.29. The normalized spacial score (nSPS) is 14.8. The first kappa shape index (κ1) is 23.1. The average Bonchev–Trinajstić information content (AvgIpc) is 2.81. The van der Waals surface area contributed by atoms with Gasteiger partial charge in [-0.25, -0.2) is 8.42 Å². The highest BCUT2D eigenvalue weighted by atomic mass is 32.2. The van der Waals surface area contributed by atoms with Crippen molar-refractivity contribution in [3.63, 3.8) is 0 Å². The van der Waals surface area contributed by atoms with E-state index in [1.807, 2.05) is 18.2 Å². The van der Waals surface area contributed by atoms with Crippen molar-refractivity contribution >= 4 is 15.9 Å². The molecule has 1 heterocycles. The monoisotopic (exact) mass is 446 g/mol. The van der Waals surface area contributed by atoms with Crippen molar-refractivity contribution in [2.24, 2.45) is 0 Å². The Kier molecular flexibility index (Phi) is 7.92. The molecule has 1 amide bonds. The molecule has 2 aromatic carbocycles. The first-order valence-electron chi connectivity index (χ1n) is 10.5. The van der Waals surface area contributed by atoms with Gasteiger partial charge in [0.25, 0.3) is 0 Å². The maximum atomic E-state index is 12.9. The number of carbonyl (C=O) groups is 1. The molecule has 0 atom stereocenters. The number of nitrogens with one attached hydrogen (secondary N) is 1. The lowest BCUT2D eigenvalue weighted by Gasteiger charge is -2.26. The fourth-order valence-corrected chi connectivity index (χ4v) is 5.22. The molecule has 0 aromatic heterocycles. The minimum atomic E-state index is -3.49. The van der Waals surface area contributed by atoms with Crippen molar-refractivity contribution in [2.75, 3.05) is 27.3 Å². The number of hydrogen-bond donors (Lipinski definition) is 1. The molecule has 8 heteroatoms. The number of carbonyl (C=O) groups excluding carboxylic acids is 1. The zero-order chi connectivity index (χ0) is 22.3. The average molecular weight is 447 g/mol. The lowest BCUT2D eigenvalue weighted by Crippen LogP contribution is -2.35. The van der Waals surface area contributed by atoms with Crippen LogP contribution in [0.25, 0.3) is 0 Å². The van der Waals surface area contributed by atoms with Gasteiger partial charge in [-0.15, -0.1) is 0 Å². The van der Waals surface area contributed by atoms with E-state index in [1.165, 1.54) is 0 Å². The molecule has 7 nitrogen and oxygen atoms in total. The highest BCUT2D eigenvalue weighted by Gasteiger charge is 2.25. The second kappa shape index (κ2) is 10.6. The van der Waals surface area contributed by atoms with E-state index in [1.54, 1.807) is 42.8 Å². The fraction of sp³-hybridized carbons (Fsp3) is 0.435.